The standard InChI is InChI=1S/C11H13ClFN/c12-9-7-8(3-1-4-10(9)13)11-5-2-6-14-11/h1,4,7,11,14H,2-3,5-6H2. The lowest BCUT2D eigenvalue weighted by Gasteiger charge is -2.12. The Hall–Kier alpha value is -0.600. The van der Waals surface area contributed by atoms with E-state index >= 15 is 0 Å². The van der Waals surface area contributed by atoms with Gasteiger partial charge in [0.2, 0.25) is 0 Å². The summed E-state index contributed by atoms with van der Waals surface area (Å²) in [7, 11) is 0. The zero-order valence-corrected chi connectivity index (χ0v) is 8.65. The summed E-state index contributed by atoms with van der Waals surface area (Å²) in [6.07, 6.45) is 8.15. The molecule has 2 aliphatic rings. The van der Waals surface area contributed by atoms with E-state index in [1.807, 2.05) is 6.08 Å². The lowest BCUT2D eigenvalue weighted by molar-refractivity contribution is 0.664. The van der Waals surface area contributed by atoms with E-state index in [2.05, 4.69) is 5.32 Å². The van der Waals surface area contributed by atoms with Crippen LogP contribution in [0.4, 0.5) is 4.39 Å². The summed E-state index contributed by atoms with van der Waals surface area (Å²) < 4.78 is 13.1. The molecule has 3 heteroatoms. The second-order valence-electron chi connectivity index (χ2n) is 3.67. The Bertz CT molecular complexity index is 311. The van der Waals surface area contributed by atoms with Gasteiger partial charge in [-0.25, -0.2) is 4.39 Å². The highest BCUT2D eigenvalue weighted by molar-refractivity contribution is 6.31. The topological polar surface area (TPSA) is 12.0 Å². The van der Waals surface area contributed by atoms with Crippen molar-refractivity contribution in [2.24, 2.45) is 0 Å². The summed E-state index contributed by atoms with van der Waals surface area (Å²) in [6.45, 7) is 1.05. The van der Waals surface area contributed by atoms with Crippen LogP contribution in [0.1, 0.15) is 19.3 Å². The molecule has 0 amide bonds. The zero-order chi connectivity index (χ0) is 9.97. The van der Waals surface area contributed by atoms with E-state index in [-0.39, 0.29) is 10.9 Å². The van der Waals surface area contributed by atoms with E-state index in [4.69, 9.17) is 11.6 Å². The Labute approximate surface area is 88.3 Å². The molecule has 0 saturated carbocycles. The van der Waals surface area contributed by atoms with Gasteiger partial charge in [-0.2, -0.15) is 0 Å². The minimum atomic E-state index is -0.334. The summed E-state index contributed by atoms with van der Waals surface area (Å²) in [4.78, 5) is 0. The van der Waals surface area contributed by atoms with Gasteiger partial charge in [-0.3, -0.25) is 0 Å². The molecule has 0 radical (unpaired) electrons. The molecule has 1 unspecified atom stereocenters. The van der Waals surface area contributed by atoms with Gasteiger partial charge in [-0.1, -0.05) is 17.7 Å². The molecule has 0 aromatic heterocycles. The summed E-state index contributed by atoms with van der Waals surface area (Å²) in [6, 6.07) is 0.388. The number of hydrogen-bond donors (Lipinski definition) is 1. The molecule has 0 spiro atoms. The minimum Gasteiger partial charge on any atom is -0.310 e. The molecule has 1 nitrogen and oxygen atoms in total. The van der Waals surface area contributed by atoms with Gasteiger partial charge >= 0.3 is 0 Å². The number of allylic oxidation sites excluding steroid dienone is 5. The van der Waals surface area contributed by atoms with Crippen molar-refractivity contribution < 1.29 is 4.39 Å². The quantitative estimate of drug-likeness (QED) is 0.706. The van der Waals surface area contributed by atoms with Crippen molar-refractivity contribution in [2.45, 2.75) is 25.3 Å². The molecule has 1 saturated heterocycles. The van der Waals surface area contributed by atoms with E-state index in [0.29, 0.717) is 6.04 Å². The molecule has 0 aromatic rings. The lowest BCUT2D eigenvalue weighted by atomic mass is 10.0. The predicted octanol–water partition coefficient (Wildman–Crippen LogP) is 3.04. The molecule has 1 N–H and O–H groups in total. The van der Waals surface area contributed by atoms with E-state index in [1.54, 1.807) is 6.08 Å². The van der Waals surface area contributed by atoms with Gasteiger partial charge in [-0.15, -0.1) is 0 Å². The summed E-state index contributed by atoms with van der Waals surface area (Å²) in [5.74, 6) is -0.334. The molecule has 1 atom stereocenters. The summed E-state index contributed by atoms with van der Waals surface area (Å²) >= 11 is 5.79. The van der Waals surface area contributed by atoms with Crippen molar-refractivity contribution in [2.75, 3.05) is 6.54 Å². The van der Waals surface area contributed by atoms with Crippen molar-refractivity contribution in [3.8, 4) is 0 Å². The average molecular weight is 214 g/mol. The van der Waals surface area contributed by atoms with Gasteiger partial charge in [0.05, 0.1) is 5.03 Å². The highest BCUT2D eigenvalue weighted by Gasteiger charge is 2.19. The van der Waals surface area contributed by atoms with E-state index in [9.17, 15) is 4.39 Å². The van der Waals surface area contributed by atoms with E-state index in [0.717, 1.165) is 19.4 Å². The van der Waals surface area contributed by atoms with Crippen LogP contribution in [-0.2, 0) is 0 Å². The minimum absolute atomic E-state index is 0.224. The molecule has 1 heterocycles. The first-order valence-corrected chi connectivity index (χ1v) is 5.31. The van der Waals surface area contributed by atoms with Crippen molar-refractivity contribution in [3.63, 3.8) is 0 Å². The second-order valence-corrected chi connectivity index (χ2v) is 4.08. The van der Waals surface area contributed by atoms with Gasteiger partial charge < -0.3 is 5.32 Å². The third-order valence-corrected chi connectivity index (χ3v) is 2.96. The third kappa shape index (κ3) is 2.07. The van der Waals surface area contributed by atoms with Crippen molar-refractivity contribution in [1.29, 1.82) is 0 Å². The van der Waals surface area contributed by atoms with Crippen LogP contribution in [0, 0.1) is 0 Å². The number of nitrogens with one attached hydrogen (secondary N) is 1. The Morgan fingerprint density at radius 3 is 3.07 bits per heavy atom. The van der Waals surface area contributed by atoms with Crippen LogP contribution in [0.25, 0.3) is 0 Å². The highest BCUT2D eigenvalue weighted by atomic mass is 35.5. The molecule has 1 aliphatic carbocycles. The first-order valence-electron chi connectivity index (χ1n) is 4.93. The maximum Gasteiger partial charge on any atom is 0.141 e. The second kappa shape index (κ2) is 4.28. The normalized spacial score (nSPS) is 27.9. The Morgan fingerprint density at radius 2 is 2.36 bits per heavy atom. The zero-order valence-electron chi connectivity index (χ0n) is 7.89. The molecule has 14 heavy (non-hydrogen) atoms. The predicted molar refractivity (Wildman–Crippen MR) is 56.9 cm³/mol. The largest absolute Gasteiger partial charge is 0.310 e. The lowest BCUT2D eigenvalue weighted by Crippen LogP contribution is -2.23. The van der Waals surface area contributed by atoms with Crippen LogP contribution in [0.5, 0.6) is 0 Å². The fourth-order valence-electron chi connectivity index (χ4n) is 1.91. The van der Waals surface area contributed by atoms with Crippen LogP contribution >= 0.6 is 11.6 Å². The smallest absolute Gasteiger partial charge is 0.141 e. The first-order chi connectivity index (χ1) is 6.77. The van der Waals surface area contributed by atoms with Crippen molar-refractivity contribution in [1.82, 2.24) is 5.32 Å². The van der Waals surface area contributed by atoms with Crippen LogP contribution in [0.2, 0.25) is 0 Å². The van der Waals surface area contributed by atoms with Crippen LogP contribution in [0.15, 0.2) is 34.7 Å². The Balaban J connectivity index is 2.20. The highest BCUT2D eigenvalue weighted by Crippen LogP contribution is 2.26. The molecule has 1 aliphatic heterocycles. The van der Waals surface area contributed by atoms with Gasteiger partial charge in [0.1, 0.15) is 5.83 Å². The SMILES string of the molecule is FC1=C(Cl)C=C(C2CCCN2)CC=C1. The number of rotatable bonds is 1. The molecular weight excluding hydrogens is 201 g/mol. The van der Waals surface area contributed by atoms with Crippen LogP contribution in [-0.4, -0.2) is 12.6 Å². The number of hydrogen-bond acceptors (Lipinski definition) is 1. The first kappa shape index (κ1) is 9.94. The summed E-state index contributed by atoms with van der Waals surface area (Å²) in [5.41, 5.74) is 1.19. The molecule has 2 rings (SSSR count). The Morgan fingerprint density at radius 1 is 1.50 bits per heavy atom. The Kier molecular flexibility index (Phi) is 3.04. The van der Waals surface area contributed by atoms with Gasteiger partial charge in [-0.05, 0) is 43.5 Å². The van der Waals surface area contributed by atoms with Crippen LogP contribution in [0.3, 0.4) is 0 Å². The summed E-state index contributed by atoms with van der Waals surface area (Å²) in [5, 5.41) is 3.61. The molecule has 76 valence electrons. The molecular formula is C11H13ClFN. The van der Waals surface area contributed by atoms with Gasteiger partial charge in [0.25, 0.3) is 0 Å². The van der Waals surface area contributed by atoms with Crippen molar-refractivity contribution >= 4 is 11.6 Å². The van der Waals surface area contributed by atoms with Gasteiger partial charge in [0, 0.05) is 6.04 Å². The maximum atomic E-state index is 13.1. The number of halogens is 2. The fourth-order valence-corrected chi connectivity index (χ4v) is 2.12. The monoisotopic (exact) mass is 213 g/mol. The van der Waals surface area contributed by atoms with Crippen LogP contribution < -0.4 is 5.32 Å². The van der Waals surface area contributed by atoms with E-state index in [1.165, 1.54) is 18.1 Å². The molecule has 0 aromatic carbocycles. The van der Waals surface area contributed by atoms with E-state index < -0.39 is 0 Å². The molecule has 0 bridgehead atoms. The molecule has 1 fully saturated rings. The fraction of sp³-hybridized carbons (Fsp3) is 0.455. The van der Waals surface area contributed by atoms with Crippen molar-refractivity contribution in [3.05, 3.63) is 34.7 Å². The third-order valence-electron chi connectivity index (χ3n) is 2.67. The van der Waals surface area contributed by atoms with Gasteiger partial charge in [0.15, 0.2) is 0 Å². The average Bonchev–Trinajstić information content (AvgIpc) is 2.63. The maximum absolute atomic E-state index is 13.1.